The minimum absolute atomic E-state index is 0.0542. The molecule has 0 atom stereocenters. The first kappa shape index (κ1) is 19.9. The van der Waals surface area contributed by atoms with Crippen molar-refractivity contribution in [2.75, 3.05) is 0 Å². The van der Waals surface area contributed by atoms with Crippen LogP contribution in [0.3, 0.4) is 0 Å². The molecule has 4 saturated carbocycles. The first-order valence-electron chi connectivity index (χ1n) is 10.2. The van der Waals surface area contributed by atoms with Gasteiger partial charge in [0.2, 0.25) is 5.91 Å². The second kappa shape index (κ2) is 8.13. The summed E-state index contributed by atoms with van der Waals surface area (Å²) in [5, 5.41) is 0. The molecule has 0 spiro atoms. The van der Waals surface area contributed by atoms with Crippen molar-refractivity contribution < 1.29 is 23.1 Å². The molecule has 0 unspecified atom stereocenters. The van der Waals surface area contributed by atoms with Crippen molar-refractivity contribution in [3.05, 3.63) is 35.9 Å². The predicted octanol–water partition coefficient (Wildman–Crippen LogP) is 4.06. The van der Waals surface area contributed by atoms with E-state index in [0.29, 0.717) is 12.0 Å². The predicted molar refractivity (Wildman–Crippen MR) is 104 cm³/mol. The molecule has 4 aliphatic rings. The number of halogens is 2. The van der Waals surface area contributed by atoms with Crippen LogP contribution in [0.4, 0.5) is 8.78 Å². The Morgan fingerprint density at radius 3 is 2.17 bits per heavy atom. The first-order chi connectivity index (χ1) is 13.9. The number of carbonyl (C=O) groups is 2. The van der Waals surface area contributed by atoms with Crippen LogP contribution >= 0.6 is 0 Å². The standard InChI is InChI=1S/C22H26F2N2O3/c23-21(24)29-18-4-1-14(2-5-18)3-6-19(27)25-26-20(28)13-22-10-15-7-16(11-22)9-17(8-15)12-22/h1-6,15-17,21H,7-13H2,(H,25,27)(H,26,28). The summed E-state index contributed by atoms with van der Waals surface area (Å²) in [6, 6.07) is 5.92. The Morgan fingerprint density at radius 2 is 1.62 bits per heavy atom. The number of carbonyl (C=O) groups excluding carboxylic acids is 2. The number of rotatable bonds is 6. The zero-order valence-electron chi connectivity index (χ0n) is 16.2. The third kappa shape index (κ3) is 4.95. The fourth-order valence-corrected chi connectivity index (χ4v) is 6.00. The summed E-state index contributed by atoms with van der Waals surface area (Å²) in [5.74, 6) is 1.81. The third-order valence-corrected chi connectivity index (χ3v) is 6.56. The average molecular weight is 404 g/mol. The maximum Gasteiger partial charge on any atom is 0.387 e. The average Bonchev–Trinajstić information content (AvgIpc) is 2.64. The van der Waals surface area contributed by atoms with Crippen LogP contribution in [0.1, 0.15) is 50.5 Å². The molecular weight excluding hydrogens is 378 g/mol. The monoisotopic (exact) mass is 404 g/mol. The fraction of sp³-hybridized carbons (Fsp3) is 0.545. The fourth-order valence-electron chi connectivity index (χ4n) is 6.00. The van der Waals surface area contributed by atoms with E-state index in [0.717, 1.165) is 37.0 Å². The van der Waals surface area contributed by atoms with Crippen LogP contribution in [0.2, 0.25) is 0 Å². The molecule has 4 aliphatic carbocycles. The highest BCUT2D eigenvalue weighted by Crippen LogP contribution is 2.61. The largest absolute Gasteiger partial charge is 0.435 e. The van der Waals surface area contributed by atoms with Gasteiger partial charge in [0, 0.05) is 12.5 Å². The molecule has 156 valence electrons. The lowest BCUT2D eigenvalue weighted by molar-refractivity contribution is -0.133. The van der Waals surface area contributed by atoms with E-state index in [1.165, 1.54) is 43.5 Å². The second-order valence-corrected chi connectivity index (χ2v) is 8.91. The Hall–Kier alpha value is -2.44. The first-order valence-corrected chi connectivity index (χ1v) is 10.2. The van der Waals surface area contributed by atoms with E-state index >= 15 is 0 Å². The molecule has 1 aromatic carbocycles. The topological polar surface area (TPSA) is 67.4 Å². The summed E-state index contributed by atoms with van der Waals surface area (Å²) >= 11 is 0. The molecule has 0 aromatic heterocycles. The number of amides is 2. The minimum atomic E-state index is -2.87. The van der Waals surface area contributed by atoms with Crippen molar-refractivity contribution >= 4 is 17.9 Å². The summed E-state index contributed by atoms with van der Waals surface area (Å²) < 4.78 is 28.6. The Kier molecular flexibility index (Phi) is 5.56. The molecule has 1 aromatic rings. The quantitative estimate of drug-likeness (QED) is 0.555. The number of hydrogen-bond donors (Lipinski definition) is 2. The van der Waals surface area contributed by atoms with Crippen LogP contribution in [-0.2, 0) is 9.59 Å². The Morgan fingerprint density at radius 1 is 1.03 bits per heavy atom. The molecule has 4 fully saturated rings. The van der Waals surface area contributed by atoms with Crippen LogP contribution in [0.5, 0.6) is 5.75 Å². The van der Waals surface area contributed by atoms with E-state index in [9.17, 15) is 18.4 Å². The van der Waals surface area contributed by atoms with Gasteiger partial charge in [0.05, 0.1) is 0 Å². The van der Waals surface area contributed by atoms with Gasteiger partial charge in [0.15, 0.2) is 0 Å². The highest BCUT2D eigenvalue weighted by Gasteiger charge is 2.51. The lowest BCUT2D eigenvalue weighted by Gasteiger charge is -2.56. The lowest BCUT2D eigenvalue weighted by atomic mass is 9.49. The van der Waals surface area contributed by atoms with Gasteiger partial charge in [-0.1, -0.05) is 12.1 Å². The van der Waals surface area contributed by atoms with Crippen LogP contribution in [0.25, 0.3) is 6.08 Å². The highest BCUT2D eigenvalue weighted by atomic mass is 19.3. The molecule has 0 aliphatic heterocycles. The van der Waals surface area contributed by atoms with E-state index in [-0.39, 0.29) is 17.1 Å². The molecule has 5 rings (SSSR count). The molecular formula is C22H26F2N2O3. The van der Waals surface area contributed by atoms with E-state index in [1.807, 2.05) is 0 Å². The van der Waals surface area contributed by atoms with Gasteiger partial charge < -0.3 is 4.74 Å². The number of alkyl halides is 2. The lowest BCUT2D eigenvalue weighted by Crippen LogP contribution is -2.49. The smallest absolute Gasteiger partial charge is 0.387 e. The van der Waals surface area contributed by atoms with E-state index in [1.54, 1.807) is 12.1 Å². The molecule has 4 bridgehead atoms. The van der Waals surface area contributed by atoms with Crippen molar-refractivity contribution in [3.8, 4) is 5.75 Å². The Balaban J connectivity index is 1.23. The van der Waals surface area contributed by atoms with Crippen molar-refractivity contribution in [3.63, 3.8) is 0 Å². The van der Waals surface area contributed by atoms with Crippen LogP contribution < -0.4 is 15.6 Å². The summed E-state index contributed by atoms with van der Waals surface area (Å²) in [6.07, 6.45) is 10.7. The van der Waals surface area contributed by atoms with Crippen LogP contribution in [0.15, 0.2) is 30.3 Å². The van der Waals surface area contributed by atoms with E-state index in [4.69, 9.17) is 0 Å². The molecule has 0 heterocycles. The Bertz CT molecular complexity index is 756. The molecule has 2 N–H and O–H groups in total. The zero-order chi connectivity index (χ0) is 20.4. The van der Waals surface area contributed by atoms with Crippen molar-refractivity contribution in [1.82, 2.24) is 10.9 Å². The number of hydrazine groups is 1. The number of hydrogen-bond acceptors (Lipinski definition) is 3. The zero-order valence-corrected chi connectivity index (χ0v) is 16.2. The van der Waals surface area contributed by atoms with Gasteiger partial charge in [-0.15, -0.1) is 0 Å². The van der Waals surface area contributed by atoms with Gasteiger partial charge in [-0.2, -0.15) is 8.78 Å². The number of benzene rings is 1. The molecule has 5 nitrogen and oxygen atoms in total. The number of nitrogens with one attached hydrogen (secondary N) is 2. The Labute approximate surface area is 168 Å². The van der Waals surface area contributed by atoms with Crippen molar-refractivity contribution in [2.45, 2.75) is 51.6 Å². The molecule has 2 amide bonds. The maximum absolute atomic E-state index is 12.4. The highest BCUT2D eigenvalue weighted by molar-refractivity contribution is 5.93. The van der Waals surface area contributed by atoms with Gasteiger partial charge in [-0.25, -0.2) is 0 Å². The van der Waals surface area contributed by atoms with Crippen molar-refractivity contribution in [1.29, 1.82) is 0 Å². The van der Waals surface area contributed by atoms with Gasteiger partial charge in [0.25, 0.3) is 5.91 Å². The van der Waals surface area contributed by atoms with Gasteiger partial charge in [-0.3, -0.25) is 20.4 Å². The van der Waals surface area contributed by atoms with Crippen molar-refractivity contribution in [2.24, 2.45) is 23.2 Å². The van der Waals surface area contributed by atoms with Gasteiger partial charge >= 0.3 is 6.61 Å². The molecule has 0 saturated heterocycles. The van der Waals surface area contributed by atoms with Gasteiger partial charge in [0.1, 0.15) is 5.75 Å². The summed E-state index contributed by atoms with van der Waals surface area (Å²) in [7, 11) is 0. The minimum Gasteiger partial charge on any atom is -0.435 e. The van der Waals surface area contributed by atoms with E-state index < -0.39 is 12.5 Å². The normalized spacial score (nSPS) is 30.0. The van der Waals surface area contributed by atoms with Crippen LogP contribution in [0, 0.1) is 23.2 Å². The van der Waals surface area contributed by atoms with E-state index in [2.05, 4.69) is 15.6 Å². The molecule has 0 radical (unpaired) electrons. The second-order valence-electron chi connectivity index (χ2n) is 8.91. The van der Waals surface area contributed by atoms with Gasteiger partial charge in [-0.05, 0) is 85.5 Å². The molecule has 7 heteroatoms. The maximum atomic E-state index is 12.4. The SMILES string of the molecule is O=C(C=Cc1ccc(OC(F)F)cc1)NNC(=O)CC12CC3CC(CC(C3)C1)C2. The number of ether oxygens (including phenoxy) is 1. The summed E-state index contributed by atoms with van der Waals surface area (Å²) in [4.78, 5) is 24.4. The molecule has 29 heavy (non-hydrogen) atoms. The summed E-state index contributed by atoms with van der Waals surface area (Å²) in [6.45, 7) is -2.87. The summed E-state index contributed by atoms with van der Waals surface area (Å²) in [5.41, 5.74) is 5.74. The third-order valence-electron chi connectivity index (χ3n) is 6.56. The van der Waals surface area contributed by atoms with Crippen LogP contribution in [-0.4, -0.2) is 18.4 Å².